The minimum atomic E-state index is -0.984. The van der Waals surface area contributed by atoms with Gasteiger partial charge < -0.3 is 20.1 Å². The second kappa shape index (κ2) is 12.5. The van der Waals surface area contributed by atoms with Crippen LogP contribution in [0.25, 0.3) is 0 Å². The molecule has 0 aliphatic carbocycles. The topological polar surface area (TPSA) is 111 Å². The van der Waals surface area contributed by atoms with Crippen molar-refractivity contribution in [2.45, 2.75) is 47.1 Å². The van der Waals surface area contributed by atoms with E-state index < -0.39 is 36.4 Å². The number of anilines is 1. The van der Waals surface area contributed by atoms with Crippen LogP contribution in [0.15, 0.2) is 24.3 Å². The first kappa shape index (κ1) is 27.3. The highest BCUT2D eigenvalue weighted by Gasteiger charge is 2.28. The average Bonchev–Trinajstić information content (AvgIpc) is 3.10. The molecule has 2 amide bonds. The third kappa shape index (κ3) is 6.80. The van der Waals surface area contributed by atoms with E-state index in [9.17, 15) is 19.2 Å². The van der Waals surface area contributed by atoms with E-state index in [0.717, 1.165) is 10.4 Å². The van der Waals surface area contributed by atoms with Crippen LogP contribution in [0.1, 0.15) is 58.9 Å². The first-order valence-electron chi connectivity index (χ1n) is 10.9. The lowest BCUT2D eigenvalue weighted by Crippen LogP contribution is -2.46. The van der Waals surface area contributed by atoms with Gasteiger partial charge in [-0.3, -0.25) is 9.59 Å². The van der Waals surface area contributed by atoms with E-state index in [1.807, 2.05) is 13.8 Å². The smallest absolute Gasteiger partial charge is 0.341 e. The number of aryl methyl sites for hydroxylation is 1. The molecular weight excluding hydrogens is 480 g/mol. The summed E-state index contributed by atoms with van der Waals surface area (Å²) in [6, 6.07) is 5.49. The summed E-state index contributed by atoms with van der Waals surface area (Å²) in [6.07, 6.45) is 0.600. The lowest BCUT2D eigenvalue weighted by atomic mass is 10.0. The quantitative estimate of drug-likeness (QED) is 0.460. The lowest BCUT2D eigenvalue weighted by Gasteiger charge is -2.21. The third-order valence-corrected chi connectivity index (χ3v) is 6.36. The molecule has 184 valence electrons. The van der Waals surface area contributed by atoms with Gasteiger partial charge in [0.15, 0.2) is 6.61 Å². The fourth-order valence-electron chi connectivity index (χ4n) is 3.26. The summed E-state index contributed by atoms with van der Waals surface area (Å²) in [4.78, 5) is 51.0. The summed E-state index contributed by atoms with van der Waals surface area (Å²) in [5.74, 6) is -2.70. The van der Waals surface area contributed by atoms with E-state index >= 15 is 0 Å². The highest BCUT2D eigenvalue weighted by atomic mass is 35.5. The highest BCUT2D eigenvalue weighted by molar-refractivity contribution is 7.16. The Kier molecular flexibility index (Phi) is 10.1. The molecule has 0 saturated carbocycles. The number of thiophene rings is 1. The zero-order valence-electron chi connectivity index (χ0n) is 19.8. The summed E-state index contributed by atoms with van der Waals surface area (Å²) < 4.78 is 10.3. The molecule has 0 fully saturated rings. The molecule has 2 N–H and O–H groups in total. The second-order valence-electron chi connectivity index (χ2n) is 7.75. The van der Waals surface area contributed by atoms with Gasteiger partial charge in [0.2, 0.25) is 0 Å². The molecule has 0 aliphatic rings. The number of hydrogen-bond donors (Lipinski definition) is 2. The average molecular weight is 509 g/mol. The van der Waals surface area contributed by atoms with Crippen LogP contribution in [-0.4, -0.2) is 43.0 Å². The van der Waals surface area contributed by atoms with E-state index in [0.29, 0.717) is 17.0 Å². The van der Waals surface area contributed by atoms with Crippen LogP contribution in [0.4, 0.5) is 5.00 Å². The van der Waals surface area contributed by atoms with Gasteiger partial charge in [0.1, 0.15) is 11.0 Å². The Morgan fingerprint density at radius 3 is 2.35 bits per heavy atom. The Bertz CT molecular complexity index is 1070. The van der Waals surface area contributed by atoms with Crippen LogP contribution in [0.5, 0.6) is 0 Å². The number of nitrogens with one attached hydrogen (secondary N) is 2. The molecule has 0 unspecified atom stereocenters. The van der Waals surface area contributed by atoms with Gasteiger partial charge in [0.25, 0.3) is 11.8 Å². The van der Waals surface area contributed by atoms with Gasteiger partial charge in [-0.1, -0.05) is 44.5 Å². The highest BCUT2D eigenvalue weighted by Crippen LogP contribution is 2.34. The molecule has 0 saturated heterocycles. The standard InChI is InChI=1S/C24H29ClN2O6S/c1-6-15-14(5)34-22(19(15)23(30)32-7-2)26-18(28)12-33-24(31)20(13(3)4)27-21(29)16-10-8-9-11-17(16)25/h8-11,13,20H,6-7,12H2,1-5H3,(H,26,28)(H,27,29)/t20-/m0/s1. The van der Waals surface area contributed by atoms with Crippen LogP contribution in [-0.2, 0) is 25.5 Å². The molecule has 8 nitrogen and oxygen atoms in total. The first-order valence-corrected chi connectivity index (χ1v) is 12.1. The zero-order valence-corrected chi connectivity index (χ0v) is 21.4. The zero-order chi connectivity index (χ0) is 25.4. The number of ether oxygens (including phenoxy) is 2. The number of benzene rings is 1. The fraction of sp³-hybridized carbons (Fsp3) is 0.417. The first-order chi connectivity index (χ1) is 16.1. The van der Waals surface area contributed by atoms with Crippen molar-refractivity contribution in [3.63, 3.8) is 0 Å². The predicted molar refractivity (Wildman–Crippen MR) is 132 cm³/mol. The number of esters is 2. The maximum Gasteiger partial charge on any atom is 0.341 e. The molecular formula is C24H29ClN2O6S. The van der Waals surface area contributed by atoms with E-state index in [-0.39, 0.29) is 23.1 Å². The van der Waals surface area contributed by atoms with Gasteiger partial charge in [-0.2, -0.15) is 0 Å². The molecule has 1 heterocycles. The molecule has 0 radical (unpaired) electrons. The van der Waals surface area contributed by atoms with Crippen molar-refractivity contribution in [2.24, 2.45) is 5.92 Å². The van der Waals surface area contributed by atoms with Crippen LogP contribution >= 0.6 is 22.9 Å². The monoisotopic (exact) mass is 508 g/mol. The van der Waals surface area contributed by atoms with Crippen LogP contribution in [0, 0.1) is 12.8 Å². The molecule has 0 bridgehead atoms. The van der Waals surface area contributed by atoms with Gasteiger partial charge >= 0.3 is 11.9 Å². The summed E-state index contributed by atoms with van der Waals surface area (Å²) in [6.45, 7) is 8.58. The van der Waals surface area contributed by atoms with Gasteiger partial charge in [-0.15, -0.1) is 11.3 Å². The minimum absolute atomic E-state index is 0.207. The number of amides is 2. The lowest BCUT2D eigenvalue weighted by molar-refractivity contribution is -0.150. The van der Waals surface area contributed by atoms with Crippen LogP contribution < -0.4 is 10.6 Å². The van der Waals surface area contributed by atoms with Gasteiger partial charge in [0.05, 0.1) is 22.8 Å². The Morgan fingerprint density at radius 2 is 1.76 bits per heavy atom. The maximum absolute atomic E-state index is 12.6. The number of hydrogen-bond acceptors (Lipinski definition) is 7. The van der Waals surface area contributed by atoms with E-state index in [4.69, 9.17) is 21.1 Å². The van der Waals surface area contributed by atoms with Crippen molar-refractivity contribution in [3.05, 3.63) is 50.9 Å². The SMILES string of the molecule is CCOC(=O)c1c(NC(=O)COC(=O)[C@@H](NC(=O)c2ccccc2Cl)C(C)C)sc(C)c1CC. The molecule has 1 aromatic carbocycles. The Balaban J connectivity index is 2.06. The maximum atomic E-state index is 12.6. The van der Waals surface area contributed by atoms with Crippen LogP contribution in [0.2, 0.25) is 5.02 Å². The molecule has 2 rings (SSSR count). The van der Waals surface area contributed by atoms with Gasteiger partial charge in [-0.05, 0) is 43.9 Å². The van der Waals surface area contributed by atoms with E-state index in [2.05, 4.69) is 10.6 Å². The number of halogens is 1. The second-order valence-corrected chi connectivity index (χ2v) is 9.38. The molecule has 1 aromatic heterocycles. The molecule has 1 atom stereocenters. The molecule has 2 aromatic rings. The predicted octanol–water partition coefficient (Wildman–Crippen LogP) is 4.39. The summed E-state index contributed by atoms with van der Waals surface area (Å²) in [5, 5.41) is 5.86. The molecule has 0 aliphatic heterocycles. The van der Waals surface area contributed by atoms with Gasteiger partial charge in [-0.25, -0.2) is 9.59 Å². The van der Waals surface area contributed by atoms with Crippen molar-refractivity contribution in [1.82, 2.24) is 5.32 Å². The number of carbonyl (C=O) groups excluding carboxylic acids is 4. The van der Waals surface area contributed by atoms with Crippen molar-refractivity contribution in [3.8, 4) is 0 Å². The largest absolute Gasteiger partial charge is 0.462 e. The Morgan fingerprint density at radius 1 is 1.09 bits per heavy atom. The fourth-order valence-corrected chi connectivity index (χ4v) is 4.63. The number of carbonyl (C=O) groups is 4. The van der Waals surface area contributed by atoms with Crippen molar-refractivity contribution in [2.75, 3.05) is 18.5 Å². The molecule has 34 heavy (non-hydrogen) atoms. The molecule has 0 spiro atoms. The summed E-state index contributed by atoms with van der Waals surface area (Å²) in [7, 11) is 0. The van der Waals surface area contributed by atoms with E-state index in [1.54, 1.807) is 45.0 Å². The number of rotatable bonds is 10. The van der Waals surface area contributed by atoms with Crippen LogP contribution in [0.3, 0.4) is 0 Å². The van der Waals surface area contributed by atoms with Gasteiger partial charge in [0, 0.05) is 4.88 Å². The van der Waals surface area contributed by atoms with Crippen molar-refractivity contribution in [1.29, 1.82) is 0 Å². The molecule has 10 heteroatoms. The van der Waals surface area contributed by atoms with Crippen molar-refractivity contribution < 1.29 is 28.7 Å². The van der Waals surface area contributed by atoms with E-state index in [1.165, 1.54) is 11.3 Å². The third-order valence-electron chi connectivity index (χ3n) is 4.97. The Labute approximate surface area is 208 Å². The minimum Gasteiger partial charge on any atom is -0.462 e. The summed E-state index contributed by atoms with van der Waals surface area (Å²) >= 11 is 7.32. The van der Waals surface area contributed by atoms with Crippen molar-refractivity contribution >= 4 is 51.7 Å². The Hall–Kier alpha value is -2.91. The normalized spacial score (nSPS) is 11.6. The summed E-state index contributed by atoms with van der Waals surface area (Å²) in [5.41, 5.74) is 1.35.